The highest BCUT2D eigenvalue weighted by molar-refractivity contribution is 5.85. The van der Waals surface area contributed by atoms with Gasteiger partial charge in [0.1, 0.15) is 11.6 Å². The zero-order valence-electron chi connectivity index (χ0n) is 13.7. The van der Waals surface area contributed by atoms with Crippen LogP contribution >= 0.6 is 12.4 Å². The van der Waals surface area contributed by atoms with Gasteiger partial charge in [0, 0.05) is 0 Å². The van der Waals surface area contributed by atoms with Crippen molar-refractivity contribution in [2.75, 3.05) is 20.7 Å². The number of carbonyl (C=O) groups excluding carboxylic acids is 1. The van der Waals surface area contributed by atoms with Crippen molar-refractivity contribution < 1.29 is 13.9 Å². The molecule has 2 aromatic carbocycles. The average molecular weight is 353 g/mol. The molecule has 130 valence electrons. The molecule has 0 aliphatic heterocycles. The second-order valence-electron chi connectivity index (χ2n) is 5.25. The minimum atomic E-state index is -0.269. The monoisotopic (exact) mass is 352 g/mol. The summed E-state index contributed by atoms with van der Waals surface area (Å²) in [4.78, 5) is 11.9. The lowest BCUT2D eigenvalue weighted by Gasteiger charge is -2.20. The Morgan fingerprint density at radius 3 is 2.29 bits per heavy atom. The number of hydrogen-bond acceptors (Lipinski definition) is 3. The summed E-state index contributed by atoms with van der Waals surface area (Å²) < 4.78 is 18.2. The summed E-state index contributed by atoms with van der Waals surface area (Å²) in [5.41, 5.74) is 1.93. The zero-order valence-corrected chi connectivity index (χ0v) is 14.5. The van der Waals surface area contributed by atoms with Gasteiger partial charge < -0.3 is 15.4 Å². The van der Waals surface area contributed by atoms with Crippen LogP contribution < -0.4 is 15.4 Å². The molecule has 6 heteroatoms. The number of rotatable bonds is 7. The Morgan fingerprint density at radius 1 is 1.12 bits per heavy atom. The Kier molecular flexibility index (Phi) is 8.22. The van der Waals surface area contributed by atoms with Crippen LogP contribution in [0.25, 0.3) is 0 Å². The minimum Gasteiger partial charge on any atom is -0.497 e. The summed E-state index contributed by atoms with van der Waals surface area (Å²) >= 11 is 0. The Morgan fingerprint density at radius 2 is 1.75 bits per heavy atom. The number of hydrogen-bond donors (Lipinski definition) is 2. The Hall–Kier alpha value is -2.11. The van der Waals surface area contributed by atoms with E-state index in [0.717, 1.165) is 16.9 Å². The molecular formula is C18H22ClFN2O2. The first-order valence-electron chi connectivity index (χ1n) is 7.44. The highest BCUT2D eigenvalue weighted by Gasteiger charge is 2.15. The van der Waals surface area contributed by atoms with Gasteiger partial charge in [-0.25, -0.2) is 4.39 Å². The van der Waals surface area contributed by atoms with Gasteiger partial charge in [0.2, 0.25) is 5.91 Å². The number of benzene rings is 2. The molecule has 0 aliphatic carbocycles. The summed E-state index contributed by atoms with van der Waals surface area (Å²) in [6.45, 7) is 0.246. The average Bonchev–Trinajstić information content (AvgIpc) is 2.56. The molecule has 0 aliphatic rings. The fraction of sp³-hybridized carbons (Fsp3) is 0.278. The molecular weight excluding hydrogens is 331 g/mol. The van der Waals surface area contributed by atoms with Gasteiger partial charge in [-0.05, 0) is 48.9 Å². The molecule has 2 rings (SSSR count). The van der Waals surface area contributed by atoms with Crippen molar-refractivity contribution in [1.82, 2.24) is 10.6 Å². The maximum atomic E-state index is 13.0. The first-order valence-corrected chi connectivity index (χ1v) is 7.44. The highest BCUT2D eigenvalue weighted by Crippen LogP contribution is 2.21. The van der Waals surface area contributed by atoms with E-state index in [1.807, 2.05) is 24.3 Å². The minimum absolute atomic E-state index is 0. The van der Waals surface area contributed by atoms with Gasteiger partial charge in [0.25, 0.3) is 0 Å². The molecule has 1 amide bonds. The number of likely N-dealkylation sites (N-methyl/N-ethyl adjacent to an activating group) is 1. The molecule has 1 unspecified atom stereocenters. The predicted octanol–water partition coefficient (Wildman–Crippen LogP) is 2.88. The molecule has 0 saturated carbocycles. The molecule has 0 fully saturated rings. The van der Waals surface area contributed by atoms with Crippen LogP contribution in [0.4, 0.5) is 4.39 Å². The zero-order chi connectivity index (χ0) is 16.7. The number of methoxy groups -OCH3 is 1. The lowest BCUT2D eigenvalue weighted by molar-refractivity contribution is -0.120. The third kappa shape index (κ3) is 5.83. The molecule has 0 radical (unpaired) electrons. The summed E-state index contributed by atoms with van der Waals surface area (Å²) in [7, 11) is 3.33. The number of carbonyl (C=O) groups is 1. The van der Waals surface area contributed by atoms with Crippen molar-refractivity contribution in [3.8, 4) is 5.75 Å². The number of amides is 1. The lowest BCUT2D eigenvalue weighted by atomic mass is 9.98. The van der Waals surface area contributed by atoms with Gasteiger partial charge in [-0.2, -0.15) is 0 Å². The van der Waals surface area contributed by atoms with Crippen molar-refractivity contribution in [3.63, 3.8) is 0 Å². The van der Waals surface area contributed by atoms with Gasteiger partial charge in [0.05, 0.1) is 19.7 Å². The van der Waals surface area contributed by atoms with E-state index in [1.165, 1.54) is 12.1 Å². The molecule has 0 saturated heterocycles. The Bertz CT molecular complexity index is 632. The van der Waals surface area contributed by atoms with E-state index < -0.39 is 0 Å². The number of halogens is 2. The van der Waals surface area contributed by atoms with Crippen LogP contribution in [0, 0.1) is 5.82 Å². The van der Waals surface area contributed by atoms with E-state index >= 15 is 0 Å². The smallest absolute Gasteiger partial charge is 0.234 e. The van der Waals surface area contributed by atoms with Crippen LogP contribution in [-0.4, -0.2) is 26.6 Å². The van der Waals surface area contributed by atoms with E-state index in [9.17, 15) is 9.18 Å². The van der Waals surface area contributed by atoms with E-state index in [0.29, 0.717) is 6.42 Å². The molecule has 0 heterocycles. The topological polar surface area (TPSA) is 50.4 Å². The first-order chi connectivity index (χ1) is 11.1. The molecule has 0 spiro atoms. The second-order valence-corrected chi connectivity index (χ2v) is 5.25. The first kappa shape index (κ1) is 19.9. The fourth-order valence-corrected chi connectivity index (χ4v) is 2.35. The summed E-state index contributed by atoms with van der Waals surface area (Å²) in [5, 5.41) is 5.83. The van der Waals surface area contributed by atoms with E-state index in [-0.39, 0.29) is 36.7 Å². The van der Waals surface area contributed by atoms with Crippen LogP contribution in [0.15, 0.2) is 48.5 Å². The number of ether oxygens (including phenoxy) is 1. The molecule has 4 nitrogen and oxygen atoms in total. The van der Waals surface area contributed by atoms with Crippen LogP contribution in [0.5, 0.6) is 5.75 Å². The largest absolute Gasteiger partial charge is 0.497 e. The molecule has 2 aromatic rings. The van der Waals surface area contributed by atoms with Crippen molar-refractivity contribution in [1.29, 1.82) is 0 Å². The van der Waals surface area contributed by atoms with Gasteiger partial charge in [-0.15, -0.1) is 12.4 Å². The summed E-state index contributed by atoms with van der Waals surface area (Å²) in [6, 6.07) is 13.7. The van der Waals surface area contributed by atoms with E-state index in [1.54, 1.807) is 26.3 Å². The van der Waals surface area contributed by atoms with Crippen molar-refractivity contribution in [2.24, 2.45) is 0 Å². The third-order valence-electron chi connectivity index (χ3n) is 3.54. The normalized spacial score (nSPS) is 11.3. The predicted molar refractivity (Wildman–Crippen MR) is 95.2 cm³/mol. The maximum absolute atomic E-state index is 13.0. The Balaban J connectivity index is 0.00000288. The van der Waals surface area contributed by atoms with E-state index in [4.69, 9.17) is 4.74 Å². The van der Waals surface area contributed by atoms with Crippen LogP contribution in [0.3, 0.4) is 0 Å². The van der Waals surface area contributed by atoms with E-state index in [2.05, 4.69) is 10.6 Å². The maximum Gasteiger partial charge on any atom is 0.234 e. The van der Waals surface area contributed by atoms with Gasteiger partial charge >= 0.3 is 0 Å². The van der Waals surface area contributed by atoms with Crippen LogP contribution in [0.1, 0.15) is 17.2 Å². The standard InChI is InChI=1S/C18H21FN2O2.ClH/c1-20-12-18(22)21-17(11-13-3-7-15(19)8-4-13)14-5-9-16(23-2)10-6-14;/h3-10,17,20H,11-12H2,1-2H3,(H,21,22);1H. The molecule has 2 N–H and O–H groups in total. The molecule has 1 atom stereocenters. The fourth-order valence-electron chi connectivity index (χ4n) is 2.35. The lowest BCUT2D eigenvalue weighted by Crippen LogP contribution is -2.36. The third-order valence-corrected chi connectivity index (χ3v) is 3.54. The van der Waals surface area contributed by atoms with Crippen molar-refractivity contribution in [2.45, 2.75) is 12.5 Å². The van der Waals surface area contributed by atoms with Crippen LogP contribution in [0.2, 0.25) is 0 Å². The number of nitrogens with one attached hydrogen (secondary N) is 2. The summed E-state index contributed by atoms with van der Waals surface area (Å²) in [5.74, 6) is 0.403. The van der Waals surface area contributed by atoms with Crippen LogP contribution in [-0.2, 0) is 11.2 Å². The summed E-state index contributed by atoms with van der Waals surface area (Å²) in [6.07, 6.45) is 0.585. The van der Waals surface area contributed by atoms with Crippen molar-refractivity contribution >= 4 is 18.3 Å². The highest BCUT2D eigenvalue weighted by atomic mass is 35.5. The van der Waals surface area contributed by atoms with Gasteiger partial charge in [-0.1, -0.05) is 24.3 Å². The molecule has 0 aromatic heterocycles. The van der Waals surface area contributed by atoms with Crippen molar-refractivity contribution in [3.05, 3.63) is 65.5 Å². The molecule has 24 heavy (non-hydrogen) atoms. The van der Waals surface area contributed by atoms with Gasteiger partial charge in [-0.3, -0.25) is 4.79 Å². The second kappa shape index (κ2) is 9.90. The Labute approximate surface area is 147 Å². The SMILES string of the molecule is CNCC(=O)NC(Cc1ccc(F)cc1)c1ccc(OC)cc1.Cl. The van der Waals surface area contributed by atoms with Gasteiger partial charge in [0.15, 0.2) is 0 Å². The molecule has 0 bridgehead atoms. The quantitative estimate of drug-likeness (QED) is 0.805.